The van der Waals surface area contributed by atoms with Crippen molar-refractivity contribution < 1.29 is 134 Å². The van der Waals surface area contributed by atoms with Crippen LogP contribution in [0.15, 0.2) is 0 Å². The molecule has 0 spiro atoms. The third kappa shape index (κ3) is 48.1. The normalized spacial score (nSPS) is 16.9. The molecule has 0 radical (unpaired) electrons. The zero-order valence-corrected chi connectivity index (χ0v) is 78.2. The van der Waals surface area contributed by atoms with Crippen molar-refractivity contribution in [3.63, 3.8) is 0 Å². The number of ether oxygens (including phenoxy) is 8. The molecule has 4 unspecified atom stereocenters. The lowest BCUT2D eigenvalue weighted by Crippen LogP contribution is -2.47. The molecule has 0 bridgehead atoms. The van der Waals surface area contributed by atoms with E-state index < -0.39 is 116 Å². The van der Waals surface area contributed by atoms with Crippen molar-refractivity contribution in [2.45, 2.75) is 188 Å². The van der Waals surface area contributed by atoms with Gasteiger partial charge in [0.15, 0.2) is 5.78 Å². The highest BCUT2D eigenvalue weighted by atomic mass is 32.2. The van der Waals surface area contributed by atoms with Gasteiger partial charge < -0.3 is 91.1 Å². The van der Waals surface area contributed by atoms with Crippen LogP contribution < -0.4 is 53.2 Å². The molecular weight excluding hydrogens is 1770 g/mol. The number of nitrogens with one attached hydrogen (secondary N) is 10. The van der Waals surface area contributed by atoms with E-state index in [0.29, 0.717) is 58.7 Å². The molecule has 10 N–H and O–H groups in total. The summed E-state index contributed by atoms with van der Waals surface area (Å²) in [6.07, 6.45) is 0.775. The molecule has 7 atom stereocenters. The average Bonchev–Trinajstić information content (AvgIpc) is 1.71. The van der Waals surface area contributed by atoms with Gasteiger partial charge in [0, 0.05) is 226 Å². The van der Waals surface area contributed by atoms with Crippen LogP contribution in [0.2, 0.25) is 0 Å². The summed E-state index contributed by atoms with van der Waals surface area (Å²) in [4.78, 5) is 266. The summed E-state index contributed by atoms with van der Waals surface area (Å²) >= 11 is 4.47. The predicted molar refractivity (Wildman–Crippen MR) is 476 cm³/mol. The lowest BCUT2D eigenvalue weighted by molar-refractivity contribution is -0.140. The zero-order valence-electron chi connectivity index (χ0n) is 75.0. The topological polar surface area (TPSA) is 548 Å². The molecule has 46 heteroatoms. The molecule has 4 aliphatic heterocycles. The number of unbranched alkanes of at least 4 members (excludes halogenated alkanes) is 3. The molecule has 4 aliphatic rings. The molecule has 0 saturated carbocycles. The van der Waals surface area contributed by atoms with Crippen LogP contribution in [0.4, 0.5) is 0 Å². The van der Waals surface area contributed by atoms with E-state index >= 15 is 0 Å². The smallest absolute Gasteiger partial charge is 0.242 e. The lowest BCUT2D eigenvalue weighted by atomic mass is 9.91. The molecular formula is C83H134N14O28S4. The van der Waals surface area contributed by atoms with Gasteiger partial charge in [0.2, 0.25) is 106 Å². The van der Waals surface area contributed by atoms with Gasteiger partial charge in [0.1, 0.15) is 11.8 Å². The monoisotopic (exact) mass is 1900 g/mol. The highest BCUT2D eigenvalue weighted by Gasteiger charge is 2.43. The van der Waals surface area contributed by atoms with E-state index in [1.807, 2.05) is 0 Å². The van der Waals surface area contributed by atoms with Crippen LogP contribution in [0.25, 0.3) is 0 Å². The molecule has 0 aliphatic carbocycles. The minimum Gasteiger partial charge on any atom is -0.383 e. The Morgan fingerprint density at radius 2 is 0.589 bits per heavy atom. The first-order valence-electron chi connectivity index (χ1n) is 44.0. The Morgan fingerprint density at radius 3 is 0.938 bits per heavy atom. The van der Waals surface area contributed by atoms with Gasteiger partial charge in [-0.25, -0.2) is 0 Å². The number of likely N-dealkylation sites (tertiary alicyclic amines) is 4. The molecule has 0 aromatic rings. The van der Waals surface area contributed by atoms with Gasteiger partial charge in [-0.1, -0.05) is 6.42 Å². The van der Waals surface area contributed by atoms with E-state index in [1.165, 1.54) is 35.4 Å². The minimum atomic E-state index is -1.17. The fourth-order valence-corrected chi connectivity index (χ4v) is 17.7. The summed E-state index contributed by atoms with van der Waals surface area (Å²) in [5.74, 6) is -8.94. The minimum absolute atomic E-state index is 0.00384. The summed E-state index contributed by atoms with van der Waals surface area (Å²) in [6.45, 7) is 5.46. The molecule has 728 valence electrons. The summed E-state index contributed by atoms with van der Waals surface area (Å²) in [6, 6.07) is -2.28. The maximum Gasteiger partial charge on any atom is 0.242 e. The Bertz CT molecular complexity index is 3630. The predicted octanol–water partition coefficient (Wildman–Crippen LogP) is -1.83. The van der Waals surface area contributed by atoms with Crippen LogP contribution in [0.3, 0.4) is 0 Å². The van der Waals surface area contributed by atoms with Gasteiger partial charge in [0.25, 0.3) is 0 Å². The maximum absolute atomic E-state index is 14.8. The average molecular weight is 1900 g/mol. The first-order valence-corrected chi connectivity index (χ1v) is 48.2. The fourth-order valence-electron chi connectivity index (χ4n) is 13.2. The molecule has 4 saturated heterocycles. The largest absolute Gasteiger partial charge is 0.383 e. The molecule has 129 heavy (non-hydrogen) atoms. The van der Waals surface area contributed by atoms with E-state index in [1.54, 1.807) is 0 Å². The van der Waals surface area contributed by atoms with Crippen molar-refractivity contribution in [1.29, 1.82) is 0 Å². The van der Waals surface area contributed by atoms with E-state index in [2.05, 4.69) is 53.2 Å². The van der Waals surface area contributed by atoms with Crippen LogP contribution in [-0.2, 0) is 134 Å². The summed E-state index contributed by atoms with van der Waals surface area (Å²) in [5, 5.41) is 24.5. The Labute approximate surface area is 770 Å². The van der Waals surface area contributed by atoms with Crippen molar-refractivity contribution in [3.05, 3.63) is 0 Å². The fraction of sp³-hybridized carbons (Fsp3) is 0.759. The van der Waals surface area contributed by atoms with E-state index in [9.17, 15) is 95.9 Å². The molecule has 42 nitrogen and oxygen atoms in total. The molecule has 0 aromatic carbocycles. The number of amides is 18. The van der Waals surface area contributed by atoms with Gasteiger partial charge in [-0.15, -0.1) is 47.0 Å². The van der Waals surface area contributed by atoms with Gasteiger partial charge in [-0.3, -0.25) is 115 Å². The highest BCUT2D eigenvalue weighted by Crippen LogP contribution is 2.30. The number of imide groups is 4. The number of carbonyl (C=O) groups is 20. The van der Waals surface area contributed by atoms with Crippen molar-refractivity contribution in [2.75, 3.05) is 209 Å². The van der Waals surface area contributed by atoms with Crippen LogP contribution in [-0.4, -0.2) is 380 Å². The third-order valence-electron chi connectivity index (χ3n) is 20.4. The first-order chi connectivity index (χ1) is 62.1. The van der Waals surface area contributed by atoms with Crippen LogP contribution >= 0.6 is 47.0 Å². The maximum atomic E-state index is 14.8. The van der Waals surface area contributed by atoms with Crippen molar-refractivity contribution in [2.24, 2.45) is 5.92 Å². The van der Waals surface area contributed by atoms with E-state index in [4.69, 9.17) is 37.9 Å². The second-order valence-electron chi connectivity index (χ2n) is 30.4. The zero-order chi connectivity index (χ0) is 94.5. The first kappa shape index (κ1) is 113. The highest BCUT2D eigenvalue weighted by molar-refractivity contribution is 8.01. The van der Waals surface area contributed by atoms with Crippen molar-refractivity contribution >= 4 is 165 Å². The number of nitrogens with zero attached hydrogens (tertiary/aromatic N) is 4. The summed E-state index contributed by atoms with van der Waals surface area (Å²) in [7, 11) is 5.93. The number of hydrogen-bond acceptors (Lipinski definition) is 32. The Balaban J connectivity index is 1.45. The second kappa shape index (κ2) is 67.8. The van der Waals surface area contributed by atoms with Crippen LogP contribution in [0.1, 0.15) is 155 Å². The summed E-state index contributed by atoms with van der Waals surface area (Å²) < 4.78 is 41.9. The molecule has 4 heterocycles. The second-order valence-corrected chi connectivity index (χ2v) is 35.7. The lowest BCUT2D eigenvalue weighted by Gasteiger charge is -2.22. The number of rotatable bonds is 77. The Hall–Kier alpha value is -8.32. The van der Waals surface area contributed by atoms with Gasteiger partial charge >= 0.3 is 0 Å². The Morgan fingerprint density at radius 1 is 0.310 bits per heavy atom. The SMILES string of the molecule is COCCNC(=O)CCN1C(=O)CC(SCCC(=O)NCCCC[C@H](NC(=O)CCSC2CC(=O)N(CCC(=O)NCCOC)C2=O)C(=O)C[C@@H](CCCCNC(=O)[C@H](CCCCNC(=O)CCSC2CC(=O)N(CCC(=O)NCCOC)C2=O)NC(=O)CCSC2CC(=O)N(CCC(=O)NCCOC)C2=O)C(=O)NCCOCCOCCOCCOCCC(C)=O)C1=O. The molecule has 4 fully saturated rings. The number of methoxy groups -OCH3 is 4. The standard InChI is InChI=1S/C83H134N14O28S4/c1-57(98)19-36-122-42-44-124-46-47-125-45-43-123-41-31-91-78(112)58(52-61(99)59(92-72(106)22-50-128-64-55-76(110)96(82(64)116)34-17-68(102)88-29-39-120-4)13-7-10-24-84-70(104)20-48-126-62-53-74(108)94(80(62)114)32-15-66(100)86-27-37-118-2)12-6-9-26-90-79(113)60(93-73(107)23-51-129-65-56-77(111)97(83(65)117)35-18-69(103)89-30-40-121-5)14-8-11-25-85-71(105)21-49-127-63-54-75(109)95(81(63)115)33-16-67(101)87-28-38-119-3/h58-60,62-65H,6-56H2,1-5H3,(H,84,104)(H,85,105)(H,86,100)(H,87,101)(H,88,102)(H,89,103)(H,90,113)(H,91,112)(H,92,106)(H,93,107)/t58-,59+,60+,62?,63?,64?,65?/m1/s1. The molecule has 18 amide bonds. The van der Waals surface area contributed by atoms with E-state index in [-0.39, 0.29) is 311 Å². The van der Waals surface area contributed by atoms with Crippen LogP contribution in [0, 0.1) is 5.92 Å². The number of ketones is 2. The van der Waals surface area contributed by atoms with Gasteiger partial charge in [0.05, 0.1) is 106 Å². The van der Waals surface area contributed by atoms with Gasteiger partial charge in [-0.05, 0) is 58.3 Å². The molecule has 0 aromatic heterocycles. The quantitative estimate of drug-likeness (QED) is 0.0236. The Kier molecular flexibility index (Phi) is 59.4. The molecule has 4 rings (SSSR count). The van der Waals surface area contributed by atoms with Gasteiger partial charge in [-0.2, -0.15) is 0 Å². The number of Topliss-reactive ketones (excluding diaryl/α,β-unsaturated/α-hetero) is 2. The van der Waals surface area contributed by atoms with Crippen LogP contribution in [0.5, 0.6) is 0 Å². The third-order valence-corrected chi connectivity index (χ3v) is 25.2. The van der Waals surface area contributed by atoms with Crippen molar-refractivity contribution in [3.8, 4) is 0 Å². The number of carbonyl (C=O) groups excluding carboxylic acids is 20. The summed E-state index contributed by atoms with van der Waals surface area (Å²) in [5.41, 5.74) is 0. The number of hydrogen-bond donors (Lipinski definition) is 10. The van der Waals surface area contributed by atoms with E-state index in [0.717, 1.165) is 66.6 Å². The van der Waals surface area contributed by atoms with Crippen molar-refractivity contribution in [1.82, 2.24) is 72.8 Å². The number of thioether (sulfide) groups is 4.